The molecule has 3 heterocycles. The van der Waals surface area contributed by atoms with Crippen LogP contribution in [0.15, 0.2) is 54.9 Å². The summed E-state index contributed by atoms with van der Waals surface area (Å²) in [4.78, 5) is 38.4. The SMILES string of the molecule is Cc1ccc(C(=O)OC[C@H]2O[C@@H](n3cnc4c(Cl)nc(I)nc43)C[C@@H]2OC(=O)c2ccc(C)cc2)cc1. The Morgan fingerprint density at radius 1 is 1.03 bits per heavy atom. The molecule has 2 aromatic carbocycles. The van der Waals surface area contributed by atoms with Crippen LogP contribution in [0.25, 0.3) is 11.2 Å². The van der Waals surface area contributed by atoms with Crippen LogP contribution in [0, 0.1) is 17.7 Å². The van der Waals surface area contributed by atoms with Crippen molar-refractivity contribution in [3.63, 3.8) is 0 Å². The second-order valence-corrected chi connectivity index (χ2v) is 10.1. The van der Waals surface area contributed by atoms with Crippen LogP contribution in [0.1, 0.15) is 44.5 Å². The monoisotopic (exact) mass is 632 g/mol. The molecule has 1 saturated heterocycles. The number of benzene rings is 2. The predicted molar refractivity (Wildman–Crippen MR) is 143 cm³/mol. The topological polar surface area (TPSA) is 105 Å². The summed E-state index contributed by atoms with van der Waals surface area (Å²) in [6.07, 6.45) is -0.105. The Kier molecular flexibility index (Phi) is 7.40. The molecule has 0 aliphatic carbocycles. The van der Waals surface area contributed by atoms with E-state index in [4.69, 9.17) is 25.8 Å². The maximum Gasteiger partial charge on any atom is 0.338 e. The lowest BCUT2D eigenvalue weighted by molar-refractivity contribution is -0.0563. The number of rotatable bonds is 6. The lowest BCUT2D eigenvalue weighted by Gasteiger charge is -2.19. The maximum absolute atomic E-state index is 12.9. The molecule has 3 atom stereocenters. The van der Waals surface area contributed by atoms with Crippen molar-refractivity contribution < 1.29 is 23.8 Å². The first-order chi connectivity index (χ1) is 17.8. The van der Waals surface area contributed by atoms with Crippen molar-refractivity contribution in [3.8, 4) is 0 Å². The van der Waals surface area contributed by atoms with Gasteiger partial charge in [0.2, 0.25) is 0 Å². The largest absolute Gasteiger partial charge is 0.459 e. The standard InChI is InChI=1S/C26H22ClIN4O5/c1-14-3-7-16(8-4-14)24(33)35-12-19-18(37-25(34)17-9-5-15(2)6-10-17)11-20(36-19)32-13-29-21-22(27)30-26(28)31-23(21)32/h3-10,13,18-20H,11-12H2,1-2H3/t18-,19+,20+/m0/s1. The summed E-state index contributed by atoms with van der Waals surface area (Å²) in [5.41, 5.74) is 3.85. The van der Waals surface area contributed by atoms with Crippen LogP contribution < -0.4 is 0 Å². The lowest BCUT2D eigenvalue weighted by Crippen LogP contribution is -2.32. The van der Waals surface area contributed by atoms with Gasteiger partial charge in [-0.25, -0.2) is 24.5 Å². The van der Waals surface area contributed by atoms with Crippen molar-refractivity contribution in [1.29, 1.82) is 0 Å². The van der Waals surface area contributed by atoms with Gasteiger partial charge in [0, 0.05) is 29.0 Å². The van der Waals surface area contributed by atoms with Crippen molar-refractivity contribution in [2.24, 2.45) is 0 Å². The van der Waals surface area contributed by atoms with Crippen molar-refractivity contribution in [2.75, 3.05) is 6.61 Å². The van der Waals surface area contributed by atoms with Crippen LogP contribution in [0.5, 0.6) is 0 Å². The van der Waals surface area contributed by atoms with Gasteiger partial charge < -0.3 is 14.2 Å². The number of aromatic nitrogens is 4. The molecule has 1 aliphatic heterocycles. The first-order valence-corrected chi connectivity index (χ1v) is 13.0. The van der Waals surface area contributed by atoms with E-state index in [1.165, 1.54) is 0 Å². The van der Waals surface area contributed by atoms with Crippen molar-refractivity contribution in [2.45, 2.75) is 38.7 Å². The van der Waals surface area contributed by atoms with E-state index in [9.17, 15) is 9.59 Å². The summed E-state index contributed by atoms with van der Waals surface area (Å²) in [6.45, 7) is 3.78. The third kappa shape index (κ3) is 5.60. The fourth-order valence-electron chi connectivity index (χ4n) is 4.04. The van der Waals surface area contributed by atoms with E-state index in [0.29, 0.717) is 32.5 Å². The van der Waals surface area contributed by atoms with Crippen molar-refractivity contribution in [3.05, 3.63) is 86.1 Å². The summed E-state index contributed by atoms with van der Waals surface area (Å²) >= 11 is 8.22. The number of imidazole rings is 1. The number of carbonyl (C=O) groups excluding carboxylic acids is 2. The Morgan fingerprint density at radius 3 is 2.30 bits per heavy atom. The van der Waals surface area contributed by atoms with Gasteiger partial charge in [0.05, 0.1) is 17.5 Å². The highest BCUT2D eigenvalue weighted by atomic mass is 127. The maximum atomic E-state index is 12.9. The van der Waals surface area contributed by atoms with E-state index in [2.05, 4.69) is 15.0 Å². The number of hydrogen-bond donors (Lipinski definition) is 0. The zero-order chi connectivity index (χ0) is 26.1. The Balaban J connectivity index is 1.37. The van der Waals surface area contributed by atoms with Gasteiger partial charge in [-0.15, -0.1) is 0 Å². The zero-order valence-electron chi connectivity index (χ0n) is 19.9. The van der Waals surface area contributed by atoms with Gasteiger partial charge in [0.1, 0.15) is 30.6 Å². The second kappa shape index (κ2) is 10.7. The summed E-state index contributed by atoms with van der Waals surface area (Å²) < 4.78 is 19.8. The molecule has 0 saturated carbocycles. The molecule has 0 N–H and O–H groups in total. The average Bonchev–Trinajstić information content (AvgIpc) is 3.47. The summed E-state index contributed by atoms with van der Waals surface area (Å²) in [5, 5.41) is 0.233. The molecule has 1 aliphatic rings. The normalized spacial score (nSPS) is 19.2. The number of nitrogens with zero attached hydrogens (tertiary/aromatic N) is 4. The molecule has 11 heteroatoms. The molecular formula is C26H22ClIN4O5. The van der Waals surface area contributed by atoms with Crippen LogP contribution >= 0.6 is 34.2 Å². The molecule has 1 fully saturated rings. The Labute approximate surface area is 231 Å². The van der Waals surface area contributed by atoms with Crippen LogP contribution in [0.3, 0.4) is 0 Å². The first-order valence-electron chi connectivity index (χ1n) is 11.5. The number of fused-ring (bicyclic) bond motifs is 1. The quantitative estimate of drug-likeness (QED) is 0.126. The van der Waals surface area contributed by atoms with Crippen molar-refractivity contribution in [1.82, 2.24) is 19.5 Å². The van der Waals surface area contributed by atoms with Gasteiger partial charge >= 0.3 is 11.9 Å². The zero-order valence-corrected chi connectivity index (χ0v) is 22.8. The summed E-state index contributed by atoms with van der Waals surface area (Å²) in [6, 6.07) is 14.2. The molecule has 0 spiro atoms. The van der Waals surface area contributed by atoms with Gasteiger partial charge in [-0.3, -0.25) is 4.57 Å². The Hall–Kier alpha value is -3.09. The predicted octanol–water partition coefficient (Wildman–Crippen LogP) is 5.07. The Bertz CT molecular complexity index is 1460. The number of esters is 2. The second-order valence-electron chi connectivity index (χ2n) is 8.75. The number of hydrogen-bond acceptors (Lipinski definition) is 8. The van der Waals surface area contributed by atoms with Crippen molar-refractivity contribution >= 4 is 57.3 Å². The van der Waals surface area contributed by atoms with E-state index in [1.807, 2.05) is 60.7 Å². The molecule has 2 aromatic heterocycles. The third-order valence-corrected chi connectivity index (χ3v) is 6.80. The van der Waals surface area contributed by atoms with Gasteiger partial charge in [-0.2, -0.15) is 0 Å². The minimum atomic E-state index is -0.706. The molecule has 190 valence electrons. The molecular weight excluding hydrogens is 611 g/mol. The molecule has 0 unspecified atom stereocenters. The first kappa shape index (κ1) is 25.6. The number of ether oxygens (including phenoxy) is 3. The lowest BCUT2D eigenvalue weighted by atomic mass is 10.1. The van der Waals surface area contributed by atoms with E-state index < -0.39 is 30.4 Å². The fraction of sp³-hybridized carbons (Fsp3) is 0.269. The van der Waals surface area contributed by atoms with Crippen LogP contribution in [-0.4, -0.2) is 50.3 Å². The van der Waals surface area contributed by atoms with Gasteiger partial charge in [0.15, 0.2) is 14.6 Å². The van der Waals surface area contributed by atoms with Gasteiger partial charge in [0.25, 0.3) is 0 Å². The minimum absolute atomic E-state index is 0.102. The summed E-state index contributed by atoms with van der Waals surface area (Å²) in [5.74, 6) is -0.975. The molecule has 5 rings (SSSR count). The van der Waals surface area contributed by atoms with E-state index in [1.54, 1.807) is 35.2 Å². The van der Waals surface area contributed by atoms with Gasteiger partial charge in [-0.1, -0.05) is 47.0 Å². The minimum Gasteiger partial charge on any atom is -0.459 e. The molecule has 9 nitrogen and oxygen atoms in total. The van der Waals surface area contributed by atoms with Crippen LogP contribution in [0.2, 0.25) is 5.15 Å². The fourth-order valence-corrected chi connectivity index (χ4v) is 4.86. The number of aryl methyl sites for hydroxylation is 2. The van der Waals surface area contributed by atoms with E-state index in [0.717, 1.165) is 11.1 Å². The molecule has 4 aromatic rings. The van der Waals surface area contributed by atoms with E-state index >= 15 is 0 Å². The highest BCUT2D eigenvalue weighted by Gasteiger charge is 2.40. The number of carbonyl (C=O) groups is 2. The van der Waals surface area contributed by atoms with E-state index in [-0.39, 0.29) is 11.8 Å². The van der Waals surface area contributed by atoms with Crippen LogP contribution in [0.4, 0.5) is 0 Å². The average molecular weight is 633 g/mol. The third-order valence-electron chi connectivity index (χ3n) is 6.05. The molecule has 0 radical (unpaired) electrons. The van der Waals surface area contributed by atoms with Crippen LogP contribution in [-0.2, 0) is 14.2 Å². The molecule has 37 heavy (non-hydrogen) atoms. The highest BCUT2D eigenvalue weighted by molar-refractivity contribution is 14.1. The molecule has 0 bridgehead atoms. The number of halogens is 2. The highest BCUT2D eigenvalue weighted by Crippen LogP contribution is 2.34. The van der Waals surface area contributed by atoms with Gasteiger partial charge in [-0.05, 0) is 38.1 Å². The Morgan fingerprint density at radius 2 is 1.65 bits per heavy atom. The molecule has 0 amide bonds. The summed E-state index contributed by atoms with van der Waals surface area (Å²) in [7, 11) is 0. The smallest absolute Gasteiger partial charge is 0.338 e.